The summed E-state index contributed by atoms with van der Waals surface area (Å²) in [6.45, 7) is 0.506. The molecule has 1 heterocycles. The number of hydrogen-bond acceptors (Lipinski definition) is 4. The van der Waals surface area contributed by atoms with Gasteiger partial charge in [-0.25, -0.2) is 0 Å². The number of fused-ring (bicyclic) bond motifs is 1. The van der Waals surface area contributed by atoms with E-state index in [1.807, 2.05) is 12.1 Å². The highest BCUT2D eigenvalue weighted by Gasteiger charge is 2.25. The molecule has 3 rings (SSSR count). The van der Waals surface area contributed by atoms with Crippen LogP contribution in [0.25, 0.3) is 0 Å². The van der Waals surface area contributed by atoms with Gasteiger partial charge in [0.1, 0.15) is 5.75 Å². The van der Waals surface area contributed by atoms with Gasteiger partial charge in [-0.05, 0) is 53.8 Å². The molecule has 1 aliphatic heterocycles. The first-order valence-corrected chi connectivity index (χ1v) is 7.05. The molecule has 1 amide bonds. The second-order valence-electron chi connectivity index (χ2n) is 5.07. The molecule has 0 spiro atoms. The number of hydrogen-bond donors (Lipinski definition) is 2. The zero-order valence-electron chi connectivity index (χ0n) is 12.2. The van der Waals surface area contributed by atoms with Crippen molar-refractivity contribution in [1.82, 2.24) is 0 Å². The van der Waals surface area contributed by atoms with Gasteiger partial charge in [0.2, 0.25) is 0 Å². The summed E-state index contributed by atoms with van der Waals surface area (Å²) in [6.07, 6.45) is 0.763. The summed E-state index contributed by atoms with van der Waals surface area (Å²) >= 11 is 0. The number of carbonyl (C=O) groups is 1. The molecule has 0 radical (unpaired) electrons. The first-order chi connectivity index (χ1) is 10.7. The fourth-order valence-corrected chi connectivity index (χ4v) is 2.45. The average Bonchev–Trinajstić information content (AvgIpc) is 2.55. The van der Waals surface area contributed by atoms with Crippen LogP contribution in [0.5, 0.6) is 5.75 Å². The Balaban J connectivity index is 1.77. The summed E-state index contributed by atoms with van der Waals surface area (Å²) in [5.74, 6) is 0.486. The van der Waals surface area contributed by atoms with E-state index in [4.69, 9.17) is 9.39 Å². The molecule has 0 bridgehead atoms. The lowest BCUT2D eigenvalue weighted by Gasteiger charge is -2.19. The predicted octanol–water partition coefficient (Wildman–Crippen LogP) is 1.21. The molecule has 5 nitrogen and oxygen atoms in total. The van der Waals surface area contributed by atoms with E-state index in [1.54, 1.807) is 37.4 Å². The summed E-state index contributed by atoms with van der Waals surface area (Å²) in [5.41, 5.74) is 2.92. The quantitative estimate of drug-likeness (QED) is 0.836. The van der Waals surface area contributed by atoms with Gasteiger partial charge in [0.15, 0.2) is 0 Å². The maximum absolute atomic E-state index is 12.2. The van der Waals surface area contributed by atoms with Gasteiger partial charge >= 0.3 is 7.12 Å². The fourth-order valence-electron chi connectivity index (χ4n) is 2.45. The third-order valence-electron chi connectivity index (χ3n) is 3.67. The fraction of sp³-hybridized carbons (Fsp3) is 0.188. The molecule has 2 aromatic rings. The molecular weight excluding hydrogens is 281 g/mol. The van der Waals surface area contributed by atoms with Crippen LogP contribution in [0.2, 0.25) is 0 Å². The Labute approximate surface area is 129 Å². The van der Waals surface area contributed by atoms with Crippen molar-refractivity contribution in [1.29, 1.82) is 0 Å². The van der Waals surface area contributed by atoms with Crippen LogP contribution < -0.4 is 15.5 Å². The number of methoxy groups -OCH3 is 1. The number of ether oxygens (including phenoxy) is 1. The highest BCUT2D eigenvalue weighted by molar-refractivity contribution is 6.61. The molecule has 1 aliphatic rings. The van der Waals surface area contributed by atoms with Crippen molar-refractivity contribution >= 4 is 24.2 Å². The monoisotopic (exact) mass is 297 g/mol. The normalized spacial score (nSPS) is 13.5. The van der Waals surface area contributed by atoms with Crippen LogP contribution in [0.15, 0.2) is 42.5 Å². The molecule has 0 saturated carbocycles. The topological polar surface area (TPSA) is 67.8 Å². The third kappa shape index (κ3) is 2.98. The lowest BCUT2D eigenvalue weighted by Crippen LogP contribution is -2.41. The van der Waals surface area contributed by atoms with Crippen LogP contribution in [0.1, 0.15) is 15.9 Å². The lowest BCUT2D eigenvalue weighted by molar-refractivity contribution is 0.102. The zero-order valence-corrected chi connectivity index (χ0v) is 12.2. The van der Waals surface area contributed by atoms with Crippen LogP contribution in [0.4, 0.5) is 5.69 Å². The van der Waals surface area contributed by atoms with Crippen molar-refractivity contribution in [2.24, 2.45) is 0 Å². The van der Waals surface area contributed by atoms with Crippen molar-refractivity contribution in [3.05, 3.63) is 53.6 Å². The minimum atomic E-state index is -0.929. The van der Waals surface area contributed by atoms with Crippen LogP contribution >= 0.6 is 0 Å². The van der Waals surface area contributed by atoms with Crippen molar-refractivity contribution in [3.8, 4) is 5.75 Å². The zero-order chi connectivity index (χ0) is 15.5. The van der Waals surface area contributed by atoms with E-state index in [0.29, 0.717) is 29.1 Å². The Morgan fingerprint density at radius 2 is 2.05 bits per heavy atom. The Morgan fingerprint density at radius 3 is 2.77 bits per heavy atom. The van der Waals surface area contributed by atoms with Crippen LogP contribution in [-0.2, 0) is 11.1 Å². The van der Waals surface area contributed by atoms with Crippen molar-refractivity contribution in [3.63, 3.8) is 0 Å². The van der Waals surface area contributed by atoms with Crippen LogP contribution in [-0.4, -0.2) is 31.8 Å². The minimum Gasteiger partial charge on any atom is -0.497 e. The Morgan fingerprint density at radius 1 is 1.27 bits per heavy atom. The summed E-state index contributed by atoms with van der Waals surface area (Å²) in [7, 11) is 0.650. The van der Waals surface area contributed by atoms with E-state index >= 15 is 0 Å². The van der Waals surface area contributed by atoms with Crippen molar-refractivity contribution < 1.29 is 19.2 Å². The van der Waals surface area contributed by atoms with Gasteiger partial charge in [-0.1, -0.05) is 6.07 Å². The summed E-state index contributed by atoms with van der Waals surface area (Å²) < 4.78 is 10.3. The third-order valence-corrected chi connectivity index (χ3v) is 3.67. The Kier molecular flexibility index (Phi) is 4.13. The summed E-state index contributed by atoms with van der Waals surface area (Å²) in [5, 5.41) is 12.7. The molecule has 0 unspecified atom stereocenters. The maximum Gasteiger partial charge on any atom is 0.491 e. The molecule has 0 aliphatic carbocycles. The molecule has 0 atom stereocenters. The van der Waals surface area contributed by atoms with E-state index in [-0.39, 0.29) is 5.91 Å². The smallest absolute Gasteiger partial charge is 0.491 e. The molecular formula is C16H16BNO4. The van der Waals surface area contributed by atoms with E-state index < -0.39 is 7.12 Å². The minimum absolute atomic E-state index is 0.214. The van der Waals surface area contributed by atoms with Crippen LogP contribution in [0.3, 0.4) is 0 Å². The molecule has 6 heteroatoms. The Hall–Kier alpha value is -2.31. The van der Waals surface area contributed by atoms with Gasteiger partial charge < -0.3 is 19.7 Å². The summed E-state index contributed by atoms with van der Waals surface area (Å²) in [6, 6.07) is 12.4. The van der Waals surface area contributed by atoms with Crippen LogP contribution in [0, 0.1) is 0 Å². The van der Waals surface area contributed by atoms with Gasteiger partial charge in [0.05, 0.1) is 7.11 Å². The van der Waals surface area contributed by atoms with E-state index in [0.717, 1.165) is 12.0 Å². The first kappa shape index (κ1) is 14.6. The van der Waals surface area contributed by atoms with Gasteiger partial charge in [0, 0.05) is 17.9 Å². The predicted molar refractivity (Wildman–Crippen MR) is 84.7 cm³/mol. The van der Waals surface area contributed by atoms with E-state index in [1.165, 1.54) is 0 Å². The van der Waals surface area contributed by atoms with Crippen molar-refractivity contribution in [2.75, 3.05) is 19.0 Å². The number of amides is 1. The molecule has 22 heavy (non-hydrogen) atoms. The maximum atomic E-state index is 12.2. The second kappa shape index (κ2) is 6.21. The SMILES string of the molecule is COc1ccc(C(=O)Nc2ccc3c(c2)B(O)OCC3)cc1. The summed E-state index contributed by atoms with van der Waals surface area (Å²) in [4.78, 5) is 12.2. The standard InChI is InChI=1S/C16H16BNO4/c1-21-14-6-3-12(4-7-14)16(19)18-13-5-2-11-8-9-22-17(20)15(11)10-13/h2-7,10,20H,8-9H2,1H3,(H,18,19). The number of benzene rings is 2. The van der Waals surface area contributed by atoms with E-state index in [9.17, 15) is 9.82 Å². The molecule has 2 aromatic carbocycles. The number of anilines is 1. The molecule has 0 aromatic heterocycles. The molecule has 112 valence electrons. The number of rotatable bonds is 3. The molecule has 2 N–H and O–H groups in total. The van der Waals surface area contributed by atoms with Gasteiger partial charge in [0.25, 0.3) is 5.91 Å². The Bertz CT molecular complexity index is 687. The largest absolute Gasteiger partial charge is 0.497 e. The van der Waals surface area contributed by atoms with Crippen molar-refractivity contribution in [2.45, 2.75) is 6.42 Å². The molecule has 0 fully saturated rings. The molecule has 0 saturated heterocycles. The first-order valence-electron chi connectivity index (χ1n) is 7.05. The average molecular weight is 297 g/mol. The highest BCUT2D eigenvalue weighted by Crippen LogP contribution is 2.15. The van der Waals surface area contributed by atoms with Gasteiger partial charge in [-0.2, -0.15) is 0 Å². The van der Waals surface area contributed by atoms with Gasteiger partial charge in [-0.15, -0.1) is 0 Å². The van der Waals surface area contributed by atoms with Gasteiger partial charge in [-0.3, -0.25) is 4.79 Å². The highest BCUT2D eigenvalue weighted by atomic mass is 16.5. The lowest BCUT2D eigenvalue weighted by atomic mass is 9.73. The van der Waals surface area contributed by atoms with E-state index in [2.05, 4.69) is 5.32 Å². The second-order valence-corrected chi connectivity index (χ2v) is 5.07. The number of carbonyl (C=O) groups excluding carboxylic acids is 1. The number of nitrogens with one attached hydrogen (secondary N) is 1.